The van der Waals surface area contributed by atoms with E-state index in [1.165, 1.54) is 0 Å². The molecule has 20 heavy (non-hydrogen) atoms. The van der Waals surface area contributed by atoms with Crippen LogP contribution in [0.2, 0.25) is 0 Å². The van der Waals surface area contributed by atoms with E-state index in [4.69, 9.17) is 4.42 Å². The van der Waals surface area contributed by atoms with Gasteiger partial charge in [0.15, 0.2) is 10.4 Å². The molecule has 2 aromatic heterocycles. The minimum Gasteiger partial charge on any atom is -0.444 e. The second-order valence-corrected chi connectivity index (χ2v) is 4.88. The molecule has 0 radical (unpaired) electrons. The number of aromatic nitrogens is 2. The van der Waals surface area contributed by atoms with Gasteiger partial charge in [-0.1, -0.05) is 12.1 Å². The smallest absolute Gasteiger partial charge is 0.291 e. The molecule has 0 saturated carbocycles. The lowest BCUT2D eigenvalue weighted by Gasteiger charge is -2.04. The minimum atomic E-state index is -0.287. The molecule has 2 heterocycles. The maximum atomic E-state index is 11.9. The molecule has 0 aliphatic carbocycles. The van der Waals surface area contributed by atoms with Crippen LogP contribution in [-0.4, -0.2) is 15.9 Å². The Labute approximate surface area is 123 Å². The summed E-state index contributed by atoms with van der Waals surface area (Å²) in [6.07, 6.45) is 3.37. The summed E-state index contributed by atoms with van der Waals surface area (Å²) < 4.78 is 5.72. The number of anilines is 1. The fourth-order valence-corrected chi connectivity index (χ4v) is 2.08. The van der Waals surface area contributed by atoms with Crippen LogP contribution in [0.15, 0.2) is 58.0 Å². The molecule has 0 bridgehead atoms. The predicted molar refractivity (Wildman–Crippen MR) is 78.4 cm³/mol. The Hall–Kier alpha value is -2.34. The van der Waals surface area contributed by atoms with Gasteiger partial charge < -0.3 is 14.7 Å². The molecule has 0 spiro atoms. The molecule has 1 amide bonds. The summed E-state index contributed by atoms with van der Waals surface area (Å²) in [5.41, 5.74) is 2.63. The number of rotatable bonds is 3. The lowest BCUT2D eigenvalue weighted by atomic mass is 10.1. The van der Waals surface area contributed by atoms with Gasteiger partial charge in [-0.15, -0.1) is 0 Å². The van der Waals surface area contributed by atoms with Gasteiger partial charge in [0.05, 0.1) is 18.2 Å². The summed E-state index contributed by atoms with van der Waals surface area (Å²) in [4.78, 5) is 18.9. The van der Waals surface area contributed by atoms with E-state index in [-0.39, 0.29) is 11.7 Å². The summed E-state index contributed by atoms with van der Waals surface area (Å²) >= 11 is 3.16. The number of hydrogen-bond acceptors (Lipinski definition) is 3. The first-order valence-corrected chi connectivity index (χ1v) is 6.67. The second-order valence-electron chi connectivity index (χ2n) is 4.10. The van der Waals surface area contributed by atoms with Gasteiger partial charge in [-0.2, -0.15) is 0 Å². The highest BCUT2D eigenvalue weighted by Crippen LogP contribution is 2.20. The van der Waals surface area contributed by atoms with Gasteiger partial charge in [0.2, 0.25) is 0 Å². The Balaban J connectivity index is 1.74. The molecule has 0 atom stereocenters. The summed E-state index contributed by atoms with van der Waals surface area (Å²) in [5, 5.41) is 2.76. The number of carbonyl (C=O) groups excluding carboxylic acids is 1. The van der Waals surface area contributed by atoms with Gasteiger partial charge in [-0.3, -0.25) is 4.79 Å². The van der Waals surface area contributed by atoms with Crippen molar-refractivity contribution in [1.29, 1.82) is 0 Å². The van der Waals surface area contributed by atoms with Crippen LogP contribution in [-0.2, 0) is 0 Å². The number of furan rings is 1. The van der Waals surface area contributed by atoms with Crippen LogP contribution in [0, 0.1) is 0 Å². The molecule has 5 nitrogen and oxygen atoms in total. The minimum absolute atomic E-state index is 0.259. The van der Waals surface area contributed by atoms with Crippen molar-refractivity contribution in [2.45, 2.75) is 0 Å². The number of hydrogen-bond donors (Lipinski definition) is 2. The molecule has 1 aromatic carbocycles. The molecule has 0 aliphatic heterocycles. The molecule has 0 saturated heterocycles. The topological polar surface area (TPSA) is 70.9 Å². The zero-order valence-corrected chi connectivity index (χ0v) is 11.8. The Morgan fingerprint density at radius 1 is 1.20 bits per heavy atom. The van der Waals surface area contributed by atoms with Gasteiger partial charge in [-0.25, -0.2) is 4.98 Å². The van der Waals surface area contributed by atoms with Crippen LogP contribution < -0.4 is 5.32 Å². The standard InChI is InChI=1S/C14H10BrN3O2/c15-13-6-5-12(20-13)14(19)18-10-3-1-9(2-4-10)11-7-16-8-17-11/h1-8H,(H,16,17)(H,18,19). The largest absolute Gasteiger partial charge is 0.444 e. The molecule has 2 N–H and O–H groups in total. The fraction of sp³-hybridized carbons (Fsp3) is 0. The van der Waals surface area contributed by atoms with E-state index in [2.05, 4.69) is 31.2 Å². The zero-order valence-electron chi connectivity index (χ0n) is 10.3. The van der Waals surface area contributed by atoms with Crippen LogP contribution >= 0.6 is 15.9 Å². The average Bonchev–Trinajstić information content (AvgIpc) is 3.10. The molecule has 3 aromatic rings. The number of imidazole rings is 1. The first-order chi connectivity index (χ1) is 9.72. The summed E-state index contributed by atoms with van der Waals surface area (Å²) in [6, 6.07) is 10.7. The Bertz CT molecular complexity index is 717. The highest BCUT2D eigenvalue weighted by atomic mass is 79.9. The van der Waals surface area contributed by atoms with Crippen molar-refractivity contribution in [2.75, 3.05) is 5.32 Å². The van der Waals surface area contributed by atoms with Crippen molar-refractivity contribution in [3.63, 3.8) is 0 Å². The molecule has 0 aliphatic rings. The van der Waals surface area contributed by atoms with Crippen molar-refractivity contribution < 1.29 is 9.21 Å². The lowest BCUT2D eigenvalue weighted by Crippen LogP contribution is -2.10. The van der Waals surface area contributed by atoms with Crippen molar-refractivity contribution in [1.82, 2.24) is 9.97 Å². The van der Waals surface area contributed by atoms with Crippen LogP contribution in [0.3, 0.4) is 0 Å². The lowest BCUT2D eigenvalue weighted by molar-refractivity contribution is 0.0995. The van der Waals surface area contributed by atoms with E-state index in [1.807, 2.05) is 24.3 Å². The second kappa shape index (κ2) is 5.34. The van der Waals surface area contributed by atoms with Crippen molar-refractivity contribution in [3.8, 4) is 11.3 Å². The van der Waals surface area contributed by atoms with E-state index in [0.717, 1.165) is 11.3 Å². The number of H-pyrrole nitrogens is 1. The number of benzene rings is 1. The normalized spacial score (nSPS) is 10.4. The number of halogens is 1. The molecule has 0 unspecified atom stereocenters. The van der Waals surface area contributed by atoms with Crippen LogP contribution in [0.4, 0.5) is 5.69 Å². The maximum absolute atomic E-state index is 11.9. The molecule has 0 fully saturated rings. The highest BCUT2D eigenvalue weighted by molar-refractivity contribution is 9.10. The Kier molecular flexibility index (Phi) is 3.39. The van der Waals surface area contributed by atoms with Crippen molar-refractivity contribution in [3.05, 3.63) is 59.4 Å². The van der Waals surface area contributed by atoms with Crippen LogP contribution in [0.5, 0.6) is 0 Å². The third-order valence-electron chi connectivity index (χ3n) is 2.75. The molecule has 6 heteroatoms. The zero-order chi connectivity index (χ0) is 13.9. The van der Waals surface area contributed by atoms with Gasteiger partial charge in [0, 0.05) is 5.69 Å². The Morgan fingerprint density at radius 2 is 2.00 bits per heavy atom. The number of carbonyl (C=O) groups is 1. The fourth-order valence-electron chi connectivity index (χ4n) is 1.78. The highest BCUT2D eigenvalue weighted by Gasteiger charge is 2.10. The van der Waals surface area contributed by atoms with Gasteiger partial charge in [0.25, 0.3) is 5.91 Å². The maximum Gasteiger partial charge on any atom is 0.291 e. The molecular weight excluding hydrogens is 322 g/mol. The molecular formula is C14H10BrN3O2. The predicted octanol–water partition coefficient (Wildman–Crippen LogP) is 3.68. The van der Waals surface area contributed by atoms with E-state index >= 15 is 0 Å². The number of aromatic amines is 1. The van der Waals surface area contributed by atoms with Gasteiger partial charge >= 0.3 is 0 Å². The Morgan fingerprint density at radius 3 is 2.60 bits per heavy atom. The van der Waals surface area contributed by atoms with Crippen LogP contribution in [0.1, 0.15) is 10.6 Å². The SMILES string of the molecule is O=C(Nc1ccc(-c2cnc[nH]2)cc1)c1ccc(Br)o1. The van der Waals surface area contributed by atoms with E-state index < -0.39 is 0 Å². The molecule has 100 valence electrons. The first-order valence-electron chi connectivity index (χ1n) is 5.88. The molecule has 3 rings (SSSR count). The van der Waals surface area contributed by atoms with Crippen LogP contribution in [0.25, 0.3) is 11.3 Å². The van der Waals surface area contributed by atoms with E-state index in [0.29, 0.717) is 10.4 Å². The summed E-state index contributed by atoms with van der Waals surface area (Å²) in [7, 11) is 0. The van der Waals surface area contributed by atoms with Crippen molar-refractivity contribution >= 4 is 27.5 Å². The summed E-state index contributed by atoms with van der Waals surface area (Å²) in [5.74, 6) is -0.0282. The average molecular weight is 332 g/mol. The third kappa shape index (κ3) is 2.65. The van der Waals surface area contributed by atoms with Gasteiger partial charge in [0.1, 0.15) is 0 Å². The van der Waals surface area contributed by atoms with Gasteiger partial charge in [-0.05, 0) is 45.8 Å². The third-order valence-corrected chi connectivity index (χ3v) is 3.18. The quantitative estimate of drug-likeness (QED) is 0.768. The number of amides is 1. The van der Waals surface area contributed by atoms with Crippen molar-refractivity contribution in [2.24, 2.45) is 0 Å². The number of nitrogens with one attached hydrogen (secondary N) is 2. The summed E-state index contributed by atoms with van der Waals surface area (Å²) in [6.45, 7) is 0. The van der Waals surface area contributed by atoms with E-state index in [1.54, 1.807) is 24.7 Å². The first kappa shape index (κ1) is 12.7. The monoisotopic (exact) mass is 331 g/mol. The van der Waals surface area contributed by atoms with E-state index in [9.17, 15) is 4.79 Å². The number of nitrogens with zero attached hydrogens (tertiary/aromatic N) is 1.